The quantitative estimate of drug-likeness (QED) is 0.873. The van der Waals surface area contributed by atoms with Gasteiger partial charge in [0.25, 0.3) is 0 Å². The second-order valence-corrected chi connectivity index (χ2v) is 4.02. The van der Waals surface area contributed by atoms with E-state index in [1.165, 1.54) is 0 Å². The van der Waals surface area contributed by atoms with Crippen LogP contribution in [-0.4, -0.2) is 39.3 Å². The number of rotatable bonds is 5. The second-order valence-electron chi connectivity index (χ2n) is 4.02. The molecule has 6 heteroatoms. The number of aromatic carboxylic acids is 1. The van der Waals surface area contributed by atoms with Crippen molar-refractivity contribution in [1.82, 2.24) is 15.0 Å². The maximum absolute atomic E-state index is 11.2. The molecule has 1 heterocycles. The lowest BCUT2D eigenvalue weighted by Crippen LogP contribution is -2.15. The molecule has 2 rings (SSSR count). The Kier molecular flexibility index (Phi) is 3.57. The monoisotopic (exact) mass is 249 g/mol. The Morgan fingerprint density at radius 2 is 2.33 bits per heavy atom. The van der Waals surface area contributed by atoms with Crippen LogP contribution in [0.1, 0.15) is 30.2 Å². The fraction of sp³-hybridized carbons (Fsp3) is 0.417. The van der Waals surface area contributed by atoms with Crippen molar-refractivity contribution in [3.8, 4) is 0 Å². The third kappa shape index (κ3) is 2.19. The zero-order valence-corrected chi connectivity index (χ0v) is 10.3. The molecule has 2 aromatic rings. The molecule has 1 atom stereocenters. The number of carboxylic acids is 1. The van der Waals surface area contributed by atoms with Crippen molar-refractivity contribution in [1.29, 1.82) is 0 Å². The lowest BCUT2D eigenvalue weighted by atomic mass is 10.1. The molecule has 6 nitrogen and oxygen atoms in total. The molecule has 1 aromatic carbocycles. The molecule has 0 aliphatic heterocycles. The normalized spacial score (nSPS) is 12.8. The van der Waals surface area contributed by atoms with Gasteiger partial charge in [-0.1, -0.05) is 11.3 Å². The Morgan fingerprint density at radius 3 is 3.00 bits per heavy atom. The van der Waals surface area contributed by atoms with Crippen LogP contribution in [-0.2, 0) is 4.74 Å². The Hall–Kier alpha value is -1.95. The van der Waals surface area contributed by atoms with Crippen LogP contribution in [0, 0.1) is 0 Å². The topological polar surface area (TPSA) is 77.2 Å². The lowest BCUT2D eigenvalue weighted by Gasteiger charge is -2.12. The standard InChI is InChI=1S/C12H15N3O3/c1-3-18-7-8(2)15-11-9(12(16)17)5-4-6-10(11)13-14-15/h4-6,8H,3,7H2,1-2H3,(H,16,17). The highest BCUT2D eigenvalue weighted by Crippen LogP contribution is 2.20. The first kappa shape index (κ1) is 12.5. The molecule has 0 fully saturated rings. The van der Waals surface area contributed by atoms with Crippen molar-refractivity contribution in [2.24, 2.45) is 0 Å². The molecule has 0 aliphatic carbocycles. The van der Waals surface area contributed by atoms with Gasteiger partial charge >= 0.3 is 5.97 Å². The number of hydrogen-bond acceptors (Lipinski definition) is 4. The molecule has 1 aromatic heterocycles. The van der Waals surface area contributed by atoms with E-state index in [0.29, 0.717) is 24.2 Å². The molecule has 1 unspecified atom stereocenters. The highest BCUT2D eigenvalue weighted by molar-refractivity contribution is 6.00. The van der Waals surface area contributed by atoms with Crippen LogP contribution in [0.15, 0.2) is 18.2 Å². The van der Waals surface area contributed by atoms with Gasteiger partial charge in [0.2, 0.25) is 0 Å². The van der Waals surface area contributed by atoms with E-state index in [2.05, 4.69) is 10.3 Å². The van der Waals surface area contributed by atoms with Crippen molar-refractivity contribution < 1.29 is 14.6 Å². The predicted octanol–water partition coefficient (Wildman–Crippen LogP) is 1.73. The summed E-state index contributed by atoms with van der Waals surface area (Å²) in [5, 5.41) is 17.2. The number of benzene rings is 1. The molecule has 0 saturated heterocycles. The van der Waals surface area contributed by atoms with Crippen LogP contribution in [0.25, 0.3) is 11.0 Å². The van der Waals surface area contributed by atoms with E-state index in [1.54, 1.807) is 22.9 Å². The zero-order valence-electron chi connectivity index (χ0n) is 10.3. The Morgan fingerprint density at radius 1 is 1.56 bits per heavy atom. The zero-order chi connectivity index (χ0) is 13.1. The minimum Gasteiger partial charge on any atom is -0.478 e. The first-order valence-electron chi connectivity index (χ1n) is 5.80. The highest BCUT2D eigenvalue weighted by atomic mass is 16.5. The van der Waals surface area contributed by atoms with E-state index < -0.39 is 5.97 Å². The minimum atomic E-state index is -0.979. The highest BCUT2D eigenvalue weighted by Gasteiger charge is 2.17. The Bertz CT molecular complexity index is 565. The van der Waals surface area contributed by atoms with Crippen LogP contribution in [0.4, 0.5) is 0 Å². The maximum atomic E-state index is 11.2. The number of fused-ring (bicyclic) bond motifs is 1. The van der Waals surface area contributed by atoms with Gasteiger partial charge in [-0.3, -0.25) is 0 Å². The molecule has 0 bridgehead atoms. The molecule has 0 aliphatic rings. The van der Waals surface area contributed by atoms with Gasteiger partial charge in [-0.2, -0.15) is 0 Å². The van der Waals surface area contributed by atoms with Crippen LogP contribution in [0.3, 0.4) is 0 Å². The summed E-state index contributed by atoms with van der Waals surface area (Å²) in [6.45, 7) is 4.92. The SMILES string of the molecule is CCOCC(C)n1nnc2cccc(C(=O)O)c21. The summed E-state index contributed by atoms with van der Waals surface area (Å²) in [4.78, 5) is 11.2. The summed E-state index contributed by atoms with van der Waals surface area (Å²) in [7, 11) is 0. The van der Waals surface area contributed by atoms with Crippen LogP contribution in [0.2, 0.25) is 0 Å². The van der Waals surface area contributed by atoms with Crippen molar-refractivity contribution >= 4 is 17.0 Å². The van der Waals surface area contributed by atoms with Crippen LogP contribution >= 0.6 is 0 Å². The molecule has 0 saturated carbocycles. The summed E-state index contributed by atoms with van der Waals surface area (Å²) in [5.41, 5.74) is 1.33. The third-order valence-electron chi connectivity index (χ3n) is 2.70. The first-order valence-corrected chi connectivity index (χ1v) is 5.80. The number of hydrogen-bond donors (Lipinski definition) is 1. The Balaban J connectivity index is 2.48. The summed E-state index contributed by atoms with van der Waals surface area (Å²) < 4.78 is 6.94. The molecule has 0 radical (unpaired) electrons. The Labute approximate surface area is 104 Å². The molecule has 0 spiro atoms. The van der Waals surface area contributed by atoms with Gasteiger partial charge in [0.15, 0.2) is 0 Å². The average Bonchev–Trinajstić information content (AvgIpc) is 2.79. The van der Waals surface area contributed by atoms with E-state index >= 15 is 0 Å². The number of carboxylic acid groups (broad SMARTS) is 1. The second kappa shape index (κ2) is 5.14. The van der Waals surface area contributed by atoms with E-state index in [0.717, 1.165) is 0 Å². The smallest absolute Gasteiger partial charge is 0.337 e. The number of aromatic nitrogens is 3. The minimum absolute atomic E-state index is 0.0598. The fourth-order valence-electron chi connectivity index (χ4n) is 1.83. The predicted molar refractivity (Wildman–Crippen MR) is 65.7 cm³/mol. The van der Waals surface area contributed by atoms with E-state index in [-0.39, 0.29) is 11.6 Å². The van der Waals surface area contributed by atoms with Crippen molar-refractivity contribution in [2.45, 2.75) is 19.9 Å². The third-order valence-corrected chi connectivity index (χ3v) is 2.70. The van der Waals surface area contributed by atoms with Crippen molar-refractivity contribution in [2.75, 3.05) is 13.2 Å². The number of ether oxygens (including phenoxy) is 1. The van der Waals surface area contributed by atoms with Gasteiger partial charge in [0, 0.05) is 6.61 Å². The van der Waals surface area contributed by atoms with E-state index in [1.807, 2.05) is 13.8 Å². The van der Waals surface area contributed by atoms with Gasteiger partial charge < -0.3 is 9.84 Å². The maximum Gasteiger partial charge on any atom is 0.337 e. The first-order chi connectivity index (χ1) is 8.65. The molecular weight excluding hydrogens is 234 g/mol. The molecule has 0 amide bonds. The lowest BCUT2D eigenvalue weighted by molar-refractivity contribution is 0.0697. The van der Waals surface area contributed by atoms with Gasteiger partial charge in [-0.25, -0.2) is 9.48 Å². The van der Waals surface area contributed by atoms with E-state index in [9.17, 15) is 9.90 Å². The summed E-state index contributed by atoms with van der Waals surface area (Å²) in [5.74, 6) is -0.979. The van der Waals surface area contributed by atoms with Gasteiger partial charge in [-0.05, 0) is 26.0 Å². The molecule has 1 N–H and O–H groups in total. The summed E-state index contributed by atoms with van der Waals surface area (Å²) in [6.07, 6.45) is 0. The number of nitrogens with zero attached hydrogens (tertiary/aromatic N) is 3. The molecular formula is C12H15N3O3. The van der Waals surface area contributed by atoms with Crippen molar-refractivity contribution in [3.05, 3.63) is 23.8 Å². The largest absolute Gasteiger partial charge is 0.478 e. The van der Waals surface area contributed by atoms with Crippen LogP contribution < -0.4 is 0 Å². The van der Waals surface area contributed by atoms with Gasteiger partial charge in [0.1, 0.15) is 11.0 Å². The van der Waals surface area contributed by atoms with Crippen molar-refractivity contribution in [3.63, 3.8) is 0 Å². The summed E-state index contributed by atoms with van der Waals surface area (Å²) >= 11 is 0. The number of para-hydroxylation sites is 1. The van der Waals surface area contributed by atoms with Gasteiger partial charge in [0.05, 0.1) is 18.2 Å². The molecule has 18 heavy (non-hydrogen) atoms. The van der Waals surface area contributed by atoms with E-state index in [4.69, 9.17) is 4.74 Å². The summed E-state index contributed by atoms with van der Waals surface area (Å²) in [6, 6.07) is 4.91. The average molecular weight is 249 g/mol. The van der Waals surface area contributed by atoms with Crippen LogP contribution in [0.5, 0.6) is 0 Å². The van der Waals surface area contributed by atoms with Gasteiger partial charge in [-0.15, -0.1) is 5.10 Å². The number of carbonyl (C=O) groups is 1. The molecule has 96 valence electrons. The fourth-order valence-corrected chi connectivity index (χ4v) is 1.83.